The molecular weight excluding hydrogens is 433 g/mol. The zero-order valence-corrected chi connectivity index (χ0v) is 17.5. The minimum Gasteiger partial charge on any atom is -0.476 e. The number of anilines is 2. The van der Waals surface area contributed by atoms with Crippen LogP contribution in [-0.4, -0.2) is 29.4 Å². The summed E-state index contributed by atoms with van der Waals surface area (Å²) >= 11 is 13.5. The molecule has 0 spiro atoms. The molecule has 0 aliphatic carbocycles. The Morgan fingerprint density at radius 3 is 2.83 bits per heavy atom. The summed E-state index contributed by atoms with van der Waals surface area (Å²) in [7, 11) is 0. The van der Waals surface area contributed by atoms with E-state index in [0.717, 1.165) is 0 Å². The van der Waals surface area contributed by atoms with Crippen molar-refractivity contribution < 1.29 is 14.3 Å². The number of rotatable bonds is 3. The van der Waals surface area contributed by atoms with Gasteiger partial charge in [-0.2, -0.15) is 0 Å². The van der Waals surface area contributed by atoms with Gasteiger partial charge in [0, 0.05) is 22.9 Å². The van der Waals surface area contributed by atoms with E-state index in [1.807, 2.05) is 6.07 Å². The molecule has 0 fully saturated rings. The molecule has 2 heterocycles. The lowest BCUT2D eigenvalue weighted by atomic mass is 10.1. The standard InChI is InChI=1S/C20H15Cl2N3O3S/c1-11(26)25-9-18(28-17-5-3-2-4-16(17)25)19(27)24-20-23-15(10-29-20)13-8-12(21)6-7-14(13)22/h2-8,10,18H,9H2,1H3,(H,23,24,27). The number of ether oxygens (including phenoxy) is 1. The number of hydrogen-bond acceptors (Lipinski definition) is 5. The Balaban J connectivity index is 1.53. The maximum atomic E-state index is 12.8. The van der Waals surface area contributed by atoms with E-state index in [2.05, 4.69) is 10.3 Å². The van der Waals surface area contributed by atoms with E-state index in [1.54, 1.807) is 41.8 Å². The molecule has 1 unspecified atom stereocenters. The molecule has 6 nitrogen and oxygen atoms in total. The summed E-state index contributed by atoms with van der Waals surface area (Å²) in [4.78, 5) is 30.7. The van der Waals surface area contributed by atoms with E-state index in [-0.39, 0.29) is 18.4 Å². The number of aromatic nitrogens is 1. The Kier molecular flexibility index (Phi) is 5.45. The van der Waals surface area contributed by atoms with Crippen LogP contribution in [0.15, 0.2) is 47.8 Å². The third-order valence-electron chi connectivity index (χ3n) is 4.38. The number of hydrogen-bond donors (Lipinski definition) is 1. The highest BCUT2D eigenvalue weighted by Crippen LogP contribution is 2.35. The lowest BCUT2D eigenvalue weighted by Gasteiger charge is -2.33. The normalized spacial score (nSPS) is 15.4. The molecule has 0 bridgehead atoms. The Morgan fingerprint density at radius 1 is 1.24 bits per heavy atom. The van der Waals surface area contributed by atoms with Gasteiger partial charge in [-0.25, -0.2) is 4.98 Å². The largest absolute Gasteiger partial charge is 0.476 e. The third kappa shape index (κ3) is 4.07. The molecular formula is C20H15Cl2N3O3S. The molecule has 29 heavy (non-hydrogen) atoms. The maximum absolute atomic E-state index is 12.8. The van der Waals surface area contributed by atoms with Crippen molar-refractivity contribution in [2.45, 2.75) is 13.0 Å². The number of amides is 2. The number of halogens is 2. The number of fused-ring (bicyclic) bond motifs is 1. The summed E-state index contributed by atoms with van der Waals surface area (Å²) in [5.41, 5.74) is 1.94. The van der Waals surface area contributed by atoms with E-state index >= 15 is 0 Å². The molecule has 9 heteroatoms. The molecule has 1 aromatic heterocycles. The Labute approximate surface area is 181 Å². The van der Waals surface area contributed by atoms with Crippen LogP contribution < -0.4 is 15.0 Å². The second kappa shape index (κ2) is 8.02. The molecule has 0 saturated heterocycles. The third-order valence-corrected chi connectivity index (χ3v) is 5.71. The maximum Gasteiger partial charge on any atom is 0.269 e. The first-order valence-electron chi connectivity index (χ1n) is 8.68. The summed E-state index contributed by atoms with van der Waals surface area (Å²) in [6, 6.07) is 12.2. The SMILES string of the molecule is CC(=O)N1CC(C(=O)Nc2nc(-c3cc(Cl)ccc3Cl)cs2)Oc2ccccc21. The van der Waals surface area contributed by atoms with Crippen LogP contribution in [0.25, 0.3) is 11.3 Å². The van der Waals surface area contributed by atoms with Crippen LogP contribution in [0.1, 0.15) is 6.92 Å². The highest BCUT2D eigenvalue weighted by Gasteiger charge is 2.32. The summed E-state index contributed by atoms with van der Waals surface area (Å²) in [6.07, 6.45) is -0.851. The van der Waals surface area contributed by atoms with Gasteiger partial charge in [-0.15, -0.1) is 11.3 Å². The highest BCUT2D eigenvalue weighted by atomic mass is 35.5. The van der Waals surface area contributed by atoms with Gasteiger partial charge in [0.1, 0.15) is 5.75 Å². The quantitative estimate of drug-likeness (QED) is 0.621. The van der Waals surface area contributed by atoms with Gasteiger partial charge in [0.15, 0.2) is 11.2 Å². The first-order valence-corrected chi connectivity index (χ1v) is 10.3. The van der Waals surface area contributed by atoms with Crippen molar-refractivity contribution >= 4 is 57.2 Å². The van der Waals surface area contributed by atoms with Gasteiger partial charge in [0.05, 0.1) is 22.9 Å². The Morgan fingerprint density at radius 2 is 2.03 bits per heavy atom. The van der Waals surface area contributed by atoms with Crippen molar-refractivity contribution in [1.82, 2.24) is 4.98 Å². The van der Waals surface area contributed by atoms with Gasteiger partial charge in [0.2, 0.25) is 5.91 Å². The van der Waals surface area contributed by atoms with Crippen LogP contribution in [0.3, 0.4) is 0 Å². The van der Waals surface area contributed by atoms with Crippen molar-refractivity contribution in [3.05, 3.63) is 57.9 Å². The van der Waals surface area contributed by atoms with Crippen LogP contribution in [0.2, 0.25) is 10.0 Å². The lowest BCUT2D eigenvalue weighted by Crippen LogP contribution is -2.48. The second-order valence-corrected chi connectivity index (χ2v) is 8.06. The Bertz CT molecular complexity index is 1100. The molecule has 4 rings (SSSR count). The molecule has 2 amide bonds. The number of benzene rings is 2. The van der Waals surface area contributed by atoms with Crippen molar-refractivity contribution in [1.29, 1.82) is 0 Å². The minimum atomic E-state index is -0.851. The number of carbonyl (C=O) groups is 2. The van der Waals surface area contributed by atoms with Gasteiger partial charge in [-0.3, -0.25) is 14.9 Å². The number of thiazole rings is 1. The molecule has 0 saturated carbocycles. The van der Waals surface area contributed by atoms with Gasteiger partial charge in [-0.1, -0.05) is 35.3 Å². The summed E-state index contributed by atoms with van der Waals surface area (Å²) in [5, 5.41) is 6.00. The van der Waals surface area contributed by atoms with Crippen molar-refractivity contribution in [3.8, 4) is 17.0 Å². The summed E-state index contributed by atoms with van der Waals surface area (Å²) in [6.45, 7) is 1.58. The van der Waals surface area contributed by atoms with Gasteiger partial charge in [0.25, 0.3) is 5.91 Å². The number of carbonyl (C=O) groups excluding carboxylic acids is 2. The van der Waals surface area contributed by atoms with Gasteiger partial charge < -0.3 is 9.64 Å². The van der Waals surface area contributed by atoms with E-state index in [9.17, 15) is 9.59 Å². The van der Waals surface area contributed by atoms with Gasteiger partial charge in [-0.05, 0) is 30.3 Å². The zero-order chi connectivity index (χ0) is 20.5. The van der Waals surface area contributed by atoms with Crippen molar-refractivity contribution in [2.75, 3.05) is 16.8 Å². The fraction of sp³-hybridized carbons (Fsp3) is 0.150. The molecule has 2 aromatic carbocycles. The first kappa shape index (κ1) is 19.7. The number of nitrogens with zero attached hydrogens (tertiary/aromatic N) is 2. The smallest absolute Gasteiger partial charge is 0.269 e. The van der Waals surface area contributed by atoms with E-state index < -0.39 is 6.10 Å². The molecule has 1 atom stereocenters. The average molecular weight is 448 g/mol. The predicted octanol–water partition coefficient (Wildman–Crippen LogP) is 4.87. The van der Waals surface area contributed by atoms with Crippen LogP contribution in [0, 0.1) is 0 Å². The molecule has 1 N–H and O–H groups in total. The first-order chi connectivity index (χ1) is 13.9. The molecule has 1 aliphatic rings. The number of nitrogens with one attached hydrogen (secondary N) is 1. The van der Waals surface area contributed by atoms with Crippen LogP contribution in [0.4, 0.5) is 10.8 Å². The van der Waals surface area contributed by atoms with Crippen LogP contribution in [0.5, 0.6) is 5.75 Å². The second-order valence-electron chi connectivity index (χ2n) is 6.36. The molecule has 148 valence electrons. The molecule has 1 aliphatic heterocycles. The Hall–Kier alpha value is -2.61. The lowest BCUT2D eigenvalue weighted by molar-refractivity contribution is -0.123. The zero-order valence-electron chi connectivity index (χ0n) is 15.2. The van der Waals surface area contributed by atoms with E-state index in [4.69, 9.17) is 27.9 Å². The van der Waals surface area contributed by atoms with Gasteiger partial charge >= 0.3 is 0 Å². The molecule has 0 radical (unpaired) electrons. The van der Waals surface area contributed by atoms with Crippen molar-refractivity contribution in [3.63, 3.8) is 0 Å². The fourth-order valence-corrected chi connectivity index (χ4v) is 4.10. The monoisotopic (exact) mass is 447 g/mol. The topological polar surface area (TPSA) is 71.5 Å². The summed E-state index contributed by atoms with van der Waals surface area (Å²) in [5.74, 6) is -0.0610. The predicted molar refractivity (Wildman–Crippen MR) is 115 cm³/mol. The molecule has 3 aromatic rings. The van der Waals surface area contributed by atoms with Crippen LogP contribution >= 0.6 is 34.5 Å². The van der Waals surface area contributed by atoms with E-state index in [1.165, 1.54) is 23.2 Å². The number of para-hydroxylation sites is 2. The highest BCUT2D eigenvalue weighted by molar-refractivity contribution is 7.14. The van der Waals surface area contributed by atoms with Crippen molar-refractivity contribution in [2.24, 2.45) is 0 Å². The average Bonchev–Trinajstić information content (AvgIpc) is 3.17. The van der Waals surface area contributed by atoms with Crippen LogP contribution in [-0.2, 0) is 9.59 Å². The fourth-order valence-electron chi connectivity index (χ4n) is 3.00. The minimum absolute atomic E-state index is 0.122. The summed E-state index contributed by atoms with van der Waals surface area (Å²) < 4.78 is 5.80. The van der Waals surface area contributed by atoms with E-state index in [0.29, 0.717) is 37.9 Å².